The van der Waals surface area contributed by atoms with E-state index in [2.05, 4.69) is 32.6 Å². The van der Waals surface area contributed by atoms with Crippen LogP contribution in [0.4, 0.5) is 41.2 Å². The number of likely N-dealkylation sites (N-methyl/N-ethyl adjacent to an activating group) is 2. The monoisotopic (exact) mass is 1370 g/mol. The minimum Gasteiger partial charge on any atom is -0.446 e. The maximum absolute atomic E-state index is 14.2. The van der Waals surface area contributed by atoms with Crippen LogP contribution in [0.2, 0.25) is 0 Å². The smallest absolute Gasteiger partial charge is 0.416 e. The van der Waals surface area contributed by atoms with Gasteiger partial charge in [0.1, 0.15) is 36.6 Å². The molecule has 7 aromatic carbocycles. The lowest BCUT2D eigenvalue weighted by Gasteiger charge is -2.44. The highest BCUT2D eigenvalue weighted by Crippen LogP contribution is 2.49. The van der Waals surface area contributed by atoms with Crippen molar-refractivity contribution in [3.05, 3.63) is 226 Å². The van der Waals surface area contributed by atoms with Gasteiger partial charge in [0, 0.05) is 95.0 Å². The van der Waals surface area contributed by atoms with Crippen molar-refractivity contribution in [1.29, 1.82) is 0 Å². The van der Waals surface area contributed by atoms with Gasteiger partial charge in [-0.15, -0.1) is 0 Å². The molecule has 23 heteroatoms. The molecule has 2 atom stereocenters. The van der Waals surface area contributed by atoms with Gasteiger partial charge in [0.15, 0.2) is 0 Å². The largest absolute Gasteiger partial charge is 0.446 e. The molecule has 1 aliphatic carbocycles. The summed E-state index contributed by atoms with van der Waals surface area (Å²) >= 11 is 0. The number of halogens is 7. The molecular formula is C76H80F7N7O9. The van der Waals surface area contributed by atoms with Gasteiger partial charge in [0.2, 0.25) is 5.91 Å². The molecule has 99 heavy (non-hydrogen) atoms. The summed E-state index contributed by atoms with van der Waals surface area (Å²) in [7, 11) is 3.47. The minimum atomic E-state index is -5.15. The van der Waals surface area contributed by atoms with Gasteiger partial charge in [-0.05, 0) is 152 Å². The number of hydrogen-bond donors (Lipinski definition) is 2. The van der Waals surface area contributed by atoms with Crippen LogP contribution in [0.3, 0.4) is 0 Å². The number of carbonyl (C=O) groups is 5. The first-order valence-electron chi connectivity index (χ1n) is 33.4. The Labute approximate surface area is 570 Å². The lowest BCUT2D eigenvalue weighted by atomic mass is 9.72. The molecule has 2 N–H and O–H groups in total. The highest BCUT2D eigenvalue weighted by atomic mass is 19.4. The molecule has 7 aromatic rings. The number of amides is 4. The number of piperidine rings is 2. The lowest BCUT2D eigenvalue weighted by molar-refractivity contribution is -0.143. The summed E-state index contributed by atoms with van der Waals surface area (Å²) in [4.78, 5) is 75.4. The van der Waals surface area contributed by atoms with E-state index in [4.69, 9.17) is 18.9 Å². The van der Waals surface area contributed by atoms with Crippen LogP contribution < -0.4 is 15.4 Å². The van der Waals surface area contributed by atoms with Crippen LogP contribution in [-0.4, -0.2) is 153 Å². The molecular weight excluding hydrogens is 1290 g/mol. The number of anilines is 1. The molecule has 11 rings (SSSR count). The van der Waals surface area contributed by atoms with Crippen molar-refractivity contribution in [3.8, 4) is 16.9 Å². The lowest BCUT2D eigenvalue weighted by Crippen LogP contribution is -2.50. The Hall–Kier alpha value is -9.00. The molecule has 3 aliphatic heterocycles. The molecule has 16 nitrogen and oxygen atoms in total. The highest BCUT2D eigenvalue weighted by Gasteiger charge is 2.50. The Balaban J connectivity index is 0.574. The Bertz CT molecular complexity index is 3910. The number of nitrogens with zero attached hydrogens (tertiary/aromatic N) is 5. The highest BCUT2D eigenvalue weighted by molar-refractivity contribution is 5.95. The Morgan fingerprint density at radius 3 is 1.97 bits per heavy atom. The van der Waals surface area contributed by atoms with Crippen molar-refractivity contribution >= 4 is 35.5 Å². The van der Waals surface area contributed by atoms with Crippen LogP contribution in [-0.2, 0) is 66.7 Å². The molecule has 0 bridgehead atoms. The van der Waals surface area contributed by atoms with Crippen molar-refractivity contribution in [2.75, 3.05) is 91.7 Å². The Morgan fingerprint density at radius 2 is 1.29 bits per heavy atom. The van der Waals surface area contributed by atoms with Crippen molar-refractivity contribution in [1.82, 2.24) is 29.8 Å². The Morgan fingerprint density at radius 1 is 0.667 bits per heavy atom. The number of rotatable bonds is 24. The van der Waals surface area contributed by atoms with Gasteiger partial charge in [0.05, 0.1) is 29.5 Å². The second kappa shape index (κ2) is 31.5. The van der Waals surface area contributed by atoms with E-state index in [1.54, 1.807) is 36.0 Å². The number of ether oxygens (including phenoxy) is 4. The fourth-order valence-electron chi connectivity index (χ4n) is 13.8. The average molecular weight is 1370 g/mol. The van der Waals surface area contributed by atoms with E-state index in [1.165, 1.54) is 24.3 Å². The van der Waals surface area contributed by atoms with Crippen LogP contribution in [0.1, 0.15) is 105 Å². The standard InChI is InChI=1S/C76H80F7N7O9/c1-86(35-10-17-69(92)98-62-28-20-53(21-29-62)48-84-47-52-18-22-55(23-19-52)70(93)87(2)41-42-88-36-30-63(31-37-88)99-72(95)85-66-16-9-7-14-64(66)54-11-4-3-5-12-54)68(91)49-96-67-45-56-13-6-8-15-65(56)73(67)32-38-89(39-33-73)40-34-74(58-24-26-61(77)27-25-58)50-90(51-97-74)71(94)57-43-59(75(78,79)80)46-60(44-57)76(81,82)83/h3-9,11-16,18-29,43-44,46,63,67,84H,10,17,30-42,45,47-51H2,1-2H3,(H,85,95)/t67-,74+/m0/s1. The predicted octanol–water partition coefficient (Wildman–Crippen LogP) is 13.1. The predicted molar refractivity (Wildman–Crippen MR) is 358 cm³/mol. The van der Waals surface area contributed by atoms with Crippen LogP contribution in [0, 0.1) is 5.82 Å². The van der Waals surface area contributed by atoms with Crippen molar-refractivity contribution < 1.29 is 73.7 Å². The number of likely N-dealkylation sites (tertiary alicyclic amines) is 2. The second-order valence-electron chi connectivity index (χ2n) is 26.0. The summed E-state index contributed by atoms with van der Waals surface area (Å²) in [5.74, 6) is -1.96. The quantitative estimate of drug-likeness (QED) is 0.0335. The zero-order chi connectivity index (χ0) is 69.9. The summed E-state index contributed by atoms with van der Waals surface area (Å²) in [6.45, 7) is 4.93. The van der Waals surface area contributed by atoms with Gasteiger partial charge in [-0.25, -0.2) is 9.18 Å². The number of alkyl halides is 6. The number of esters is 1. The number of para-hydroxylation sites is 1. The molecule has 522 valence electrons. The first kappa shape index (κ1) is 71.3. The zero-order valence-corrected chi connectivity index (χ0v) is 55.2. The normalized spacial score (nSPS) is 18.0. The summed E-state index contributed by atoms with van der Waals surface area (Å²) < 4.78 is 121. The maximum Gasteiger partial charge on any atom is 0.416 e. The van der Waals surface area contributed by atoms with E-state index >= 15 is 0 Å². The van der Waals surface area contributed by atoms with E-state index in [0.29, 0.717) is 119 Å². The topological polar surface area (TPSA) is 163 Å². The third-order valence-electron chi connectivity index (χ3n) is 19.5. The number of benzene rings is 7. The van der Waals surface area contributed by atoms with E-state index in [1.807, 2.05) is 103 Å². The number of nitrogens with one attached hydrogen (secondary N) is 2. The van der Waals surface area contributed by atoms with Crippen LogP contribution in [0.5, 0.6) is 5.75 Å². The van der Waals surface area contributed by atoms with E-state index in [9.17, 15) is 54.7 Å². The maximum atomic E-state index is 14.2. The van der Waals surface area contributed by atoms with Gasteiger partial charge < -0.3 is 48.8 Å². The van der Waals surface area contributed by atoms with Crippen molar-refractivity contribution in [3.63, 3.8) is 0 Å². The van der Waals surface area contributed by atoms with Gasteiger partial charge in [-0.1, -0.05) is 109 Å². The van der Waals surface area contributed by atoms with Gasteiger partial charge in [-0.2, -0.15) is 26.3 Å². The number of hydrogen-bond acceptors (Lipinski definition) is 12. The molecule has 0 saturated carbocycles. The summed E-state index contributed by atoms with van der Waals surface area (Å²) in [5.41, 5.74) is 2.24. The van der Waals surface area contributed by atoms with E-state index < -0.39 is 70.6 Å². The average Bonchev–Trinajstić information content (AvgIpc) is 1.62. The molecule has 3 saturated heterocycles. The molecule has 0 radical (unpaired) electrons. The van der Waals surface area contributed by atoms with Crippen LogP contribution in [0.25, 0.3) is 11.1 Å². The zero-order valence-electron chi connectivity index (χ0n) is 55.2. The molecule has 0 aromatic heterocycles. The van der Waals surface area contributed by atoms with Gasteiger partial charge in [0.25, 0.3) is 11.8 Å². The van der Waals surface area contributed by atoms with Gasteiger partial charge in [-0.3, -0.25) is 24.5 Å². The summed E-state index contributed by atoms with van der Waals surface area (Å²) in [6.07, 6.45) is -7.29. The first-order chi connectivity index (χ1) is 47.5. The van der Waals surface area contributed by atoms with Crippen LogP contribution >= 0.6 is 0 Å². The third kappa shape index (κ3) is 17.9. The number of fused-ring (bicyclic) bond motifs is 2. The second-order valence-corrected chi connectivity index (χ2v) is 26.0. The SMILES string of the molecule is CN(CCCC(=O)Oc1ccc(CNCc2ccc(C(=O)N(C)CCN3CCC(OC(=O)Nc4ccccc4-c4ccccc4)CC3)cc2)cc1)C(=O)CO[C@H]1Cc2ccccc2C12CCN(CC[C@]1(c3ccc(F)cc3)CN(C(=O)c3cc(C(F)(F)F)cc(C(F)(F)F)c3)CO1)CC2. The van der Waals surface area contributed by atoms with Gasteiger partial charge >= 0.3 is 24.4 Å². The van der Waals surface area contributed by atoms with Crippen molar-refractivity contribution in [2.24, 2.45) is 0 Å². The molecule has 3 heterocycles. The van der Waals surface area contributed by atoms with E-state index in [0.717, 1.165) is 51.4 Å². The molecule has 4 aliphatic rings. The van der Waals surface area contributed by atoms with Crippen LogP contribution in [0.15, 0.2) is 170 Å². The summed E-state index contributed by atoms with van der Waals surface area (Å²) in [5, 5.41) is 6.35. The molecule has 4 amide bonds. The minimum absolute atomic E-state index is 0.0323. The number of carbonyl (C=O) groups excluding carboxylic acids is 5. The molecule has 1 spiro atoms. The Kier molecular flexibility index (Phi) is 22.7. The fraction of sp³-hybridized carbons (Fsp3) is 0.382. The van der Waals surface area contributed by atoms with E-state index in [-0.39, 0.29) is 62.6 Å². The molecule has 3 fully saturated rings. The fourth-order valence-corrected chi connectivity index (χ4v) is 13.8. The first-order valence-corrected chi connectivity index (χ1v) is 33.4. The third-order valence-corrected chi connectivity index (χ3v) is 19.5. The summed E-state index contributed by atoms with van der Waals surface area (Å²) in [6, 6.07) is 46.6. The molecule has 0 unspecified atom stereocenters. The van der Waals surface area contributed by atoms with Crippen molar-refractivity contribution in [2.45, 2.75) is 100 Å².